The number of amides is 2. The molecule has 4 rings (SSSR count). The van der Waals surface area contributed by atoms with E-state index >= 15 is 0 Å². The molecule has 2 aromatic carbocycles. The van der Waals surface area contributed by atoms with Crippen molar-refractivity contribution in [3.63, 3.8) is 0 Å². The molecule has 0 bridgehead atoms. The van der Waals surface area contributed by atoms with Crippen molar-refractivity contribution in [2.24, 2.45) is 0 Å². The second-order valence-electron chi connectivity index (χ2n) is 10.5. The van der Waals surface area contributed by atoms with Crippen LogP contribution in [0.15, 0.2) is 48.5 Å². The highest BCUT2D eigenvalue weighted by Crippen LogP contribution is 2.41. The van der Waals surface area contributed by atoms with Crippen LogP contribution in [0, 0.1) is 0 Å². The molecule has 4 N–H and O–H groups in total. The summed E-state index contributed by atoms with van der Waals surface area (Å²) in [6.45, 7) is 6.38. The van der Waals surface area contributed by atoms with Crippen molar-refractivity contribution in [3.8, 4) is 0 Å². The number of carbonyl (C=O) groups is 2. The number of hydrazine groups is 1. The lowest BCUT2D eigenvalue weighted by Gasteiger charge is -2.43. The summed E-state index contributed by atoms with van der Waals surface area (Å²) in [5.74, 6) is -0.175. The maximum absolute atomic E-state index is 13.7. The lowest BCUT2D eigenvalue weighted by molar-refractivity contribution is -0.125. The summed E-state index contributed by atoms with van der Waals surface area (Å²) < 4.78 is 5.43. The van der Waals surface area contributed by atoms with Gasteiger partial charge in [-0.15, -0.1) is 0 Å². The predicted octanol–water partition coefficient (Wildman–Crippen LogP) is 4.63. The smallest absolute Gasteiger partial charge is 0.227 e. The van der Waals surface area contributed by atoms with Gasteiger partial charge in [-0.05, 0) is 35.6 Å². The molecule has 0 radical (unpaired) electrons. The first-order chi connectivity index (χ1) is 19.1. The number of nitrogens with one attached hydrogen (secondary N) is 4. The van der Waals surface area contributed by atoms with Crippen LogP contribution in [0.2, 0.25) is 0 Å². The van der Waals surface area contributed by atoms with E-state index in [9.17, 15) is 9.59 Å². The molecule has 0 saturated carbocycles. The van der Waals surface area contributed by atoms with Gasteiger partial charge in [0, 0.05) is 31.7 Å². The van der Waals surface area contributed by atoms with E-state index in [1.165, 1.54) is 24.8 Å². The highest BCUT2D eigenvalue weighted by molar-refractivity contribution is 5.96. The van der Waals surface area contributed by atoms with Crippen molar-refractivity contribution >= 4 is 17.5 Å². The summed E-state index contributed by atoms with van der Waals surface area (Å²) in [5.41, 5.74) is 11.4. The fourth-order valence-electron chi connectivity index (χ4n) is 5.49. The van der Waals surface area contributed by atoms with Gasteiger partial charge in [-0.1, -0.05) is 82.0 Å². The first-order valence-corrected chi connectivity index (χ1v) is 14.7. The number of hydrogen-bond donors (Lipinski definition) is 4. The number of rotatable bonds is 13. The Bertz CT molecular complexity index is 1080. The van der Waals surface area contributed by atoms with Crippen molar-refractivity contribution in [2.75, 3.05) is 24.7 Å². The van der Waals surface area contributed by atoms with Crippen LogP contribution >= 0.6 is 0 Å². The number of hydrogen-bond acceptors (Lipinski definition) is 6. The van der Waals surface area contributed by atoms with Gasteiger partial charge in [0.1, 0.15) is 0 Å². The Morgan fingerprint density at radius 3 is 2.51 bits per heavy atom. The molecular weight excluding hydrogens is 490 g/mol. The van der Waals surface area contributed by atoms with E-state index < -0.39 is 0 Å². The topological polar surface area (TPSA) is 94.7 Å². The Labute approximate surface area is 233 Å². The third-order valence-electron chi connectivity index (χ3n) is 7.54. The minimum atomic E-state index is -0.126. The summed E-state index contributed by atoms with van der Waals surface area (Å²) in [6.07, 6.45) is 7.28. The van der Waals surface area contributed by atoms with E-state index in [1.54, 1.807) is 0 Å². The third kappa shape index (κ3) is 7.88. The number of para-hydroxylation sites is 1. The van der Waals surface area contributed by atoms with Gasteiger partial charge in [-0.2, -0.15) is 0 Å². The van der Waals surface area contributed by atoms with E-state index in [0.717, 1.165) is 36.1 Å². The summed E-state index contributed by atoms with van der Waals surface area (Å²) in [7, 11) is 0. The average Bonchev–Trinajstić information content (AvgIpc) is 2.96. The van der Waals surface area contributed by atoms with Crippen molar-refractivity contribution in [2.45, 2.75) is 90.0 Å². The summed E-state index contributed by atoms with van der Waals surface area (Å²) >= 11 is 0. The Morgan fingerprint density at radius 1 is 0.897 bits per heavy atom. The molecule has 0 aliphatic carbocycles. The van der Waals surface area contributed by atoms with E-state index in [1.807, 2.05) is 29.2 Å². The third-order valence-corrected chi connectivity index (χ3v) is 7.54. The van der Waals surface area contributed by atoms with Gasteiger partial charge in [-0.25, -0.2) is 10.9 Å². The van der Waals surface area contributed by atoms with Gasteiger partial charge < -0.3 is 15.0 Å². The SMILES string of the molecule is CCCCCCC1NNC2c3ccccc3CN(C(=O)CCC(=O)NCCOCCC)c3ccccc3C2N1. The molecule has 2 heterocycles. The molecule has 1 saturated heterocycles. The molecule has 2 aliphatic rings. The zero-order valence-corrected chi connectivity index (χ0v) is 23.5. The molecule has 8 heteroatoms. The molecule has 2 amide bonds. The second kappa shape index (κ2) is 15.1. The molecule has 8 nitrogen and oxygen atoms in total. The van der Waals surface area contributed by atoms with Crippen LogP contribution in [-0.4, -0.2) is 37.7 Å². The average molecular weight is 536 g/mol. The quantitative estimate of drug-likeness (QED) is 0.280. The van der Waals surface area contributed by atoms with Gasteiger partial charge in [0.15, 0.2) is 0 Å². The largest absolute Gasteiger partial charge is 0.380 e. The van der Waals surface area contributed by atoms with Crippen LogP contribution in [-0.2, 0) is 20.9 Å². The first kappa shape index (κ1) is 29.2. The highest BCUT2D eigenvalue weighted by atomic mass is 16.5. The van der Waals surface area contributed by atoms with E-state index in [0.29, 0.717) is 26.3 Å². The van der Waals surface area contributed by atoms with Gasteiger partial charge in [0.25, 0.3) is 0 Å². The van der Waals surface area contributed by atoms with Crippen molar-refractivity contribution in [1.29, 1.82) is 0 Å². The van der Waals surface area contributed by atoms with Crippen molar-refractivity contribution < 1.29 is 14.3 Å². The number of benzene rings is 2. The zero-order chi connectivity index (χ0) is 27.5. The summed E-state index contributed by atoms with van der Waals surface area (Å²) in [5, 5.41) is 6.72. The van der Waals surface area contributed by atoms with Crippen LogP contribution in [0.3, 0.4) is 0 Å². The first-order valence-electron chi connectivity index (χ1n) is 14.7. The number of anilines is 1. The van der Waals surface area contributed by atoms with Gasteiger partial charge in [-0.3, -0.25) is 14.9 Å². The maximum atomic E-state index is 13.7. The Hall–Kier alpha value is -2.78. The molecule has 2 aliphatic heterocycles. The Morgan fingerprint density at radius 2 is 1.69 bits per heavy atom. The van der Waals surface area contributed by atoms with Crippen molar-refractivity contribution in [1.82, 2.24) is 21.5 Å². The number of ether oxygens (including phenoxy) is 1. The molecule has 0 aromatic heterocycles. The molecular formula is C31H45N5O3. The van der Waals surface area contributed by atoms with E-state index in [4.69, 9.17) is 4.74 Å². The number of fused-ring (bicyclic) bond motifs is 5. The maximum Gasteiger partial charge on any atom is 0.227 e. The molecule has 39 heavy (non-hydrogen) atoms. The monoisotopic (exact) mass is 535 g/mol. The number of nitrogens with zero attached hydrogens (tertiary/aromatic N) is 1. The van der Waals surface area contributed by atoms with Crippen molar-refractivity contribution in [3.05, 3.63) is 65.2 Å². The standard InChI is InChI=1S/C31H45N5O3/c1-3-5-6-7-16-27-33-30-25-14-10-11-15-26(25)36(22-23-12-8-9-13-24(23)31(30)35-34-27)29(38)18-17-28(37)32-19-21-39-20-4-2/h8-15,27,30-31,33-35H,3-7,16-22H2,1-2H3,(H,32,37). The summed E-state index contributed by atoms with van der Waals surface area (Å²) in [6, 6.07) is 16.5. The molecule has 2 aromatic rings. The van der Waals surface area contributed by atoms with Crippen LogP contribution in [0.1, 0.15) is 94.0 Å². The highest BCUT2D eigenvalue weighted by Gasteiger charge is 2.37. The lowest BCUT2D eigenvalue weighted by Crippen LogP contribution is -2.60. The van der Waals surface area contributed by atoms with Crippen LogP contribution < -0.4 is 26.4 Å². The van der Waals surface area contributed by atoms with Gasteiger partial charge in [0.2, 0.25) is 11.8 Å². The molecule has 212 valence electrons. The lowest BCUT2D eigenvalue weighted by atomic mass is 9.86. The summed E-state index contributed by atoms with van der Waals surface area (Å²) in [4.78, 5) is 27.9. The fraction of sp³-hybridized carbons (Fsp3) is 0.548. The van der Waals surface area contributed by atoms with Gasteiger partial charge in [0.05, 0.1) is 31.4 Å². The zero-order valence-electron chi connectivity index (χ0n) is 23.5. The normalized spacial score (nSPS) is 20.3. The fourth-order valence-corrected chi connectivity index (χ4v) is 5.49. The molecule has 1 fully saturated rings. The predicted molar refractivity (Wildman–Crippen MR) is 155 cm³/mol. The number of unbranched alkanes of at least 4 members (excludes halogenated alkanes) is 3. The minimum absolute atomic E-state index is 0.0122. The number of carbonyl (C=O) groups excluding carboxylic acids is 2. The molecule has 0 spiro atoms. The molecule has 3 unspecified atom stereocenters. The Balaban J connectivity index is 1.51. The van der Waals surface area contributed by atoms with Gasteiger partial charge >= 0.3 is 0 Å². The van der Waals surface area contributed by atoms with E-state index in [-0.39, 0.29) is 42.9 Å². The minimum Gasteiger partial charge on any atom is -0.380 e. The van der Waals surface area contributed by atoms with Crippen LogP contribution in [0.5, 0.6) is 0 Å². The Kier molecular flexibility index (Phi) is 11.3. The second-order valence-corrected chi connectivity index (χ2v) is 10.5. The van der Waals surface area contributed by atoms with Crippen LogP contribution in [0.4, 0.5) is 5.69 Å². The van der Waals surface area contributed by atoms with Crippen LogP contribution in [0.25, 0.3) is 0 Å². The molecule has 3 atom stereocenters. The van der Waals surface area contributed by atoms with E-state index in [2.05, 4.69) is 59.6 Å².